The van der Waals surface area contributed by atoms with E-state index in [1.165, 1.54) is 12.0 Å². The van der Waals surface area contributed by atoms with Crippen molar-refractivity contribution in [3.8, 4) is 11.5 Å². The number of carbonyl (C=O) groups is 1. The first kappa shape index (κ1) is 43.9. The van der Waals surface area contributed by atoms with E-state index in [1.807, 2.05) is 0 Å². The second-order valence-electron chi connectivity index (χ2n) is 16.9. The number of unbranched alkanes of at least 4 members (excludes halogenated alkanes) is 2. The van der Waals surface area contributed by atoms with Crippen molar-refractivity contribution in [3.63, 3.8) is 0 Å². The monoisotopic (exact) mass is 834 g/mol. The maximum atomic E-state index is 13.6. The second kappa shape index (κ2) is 20.1. The third kappa shape index (κ3) is 14.1. The van der Waals surface area contributed by atoms with E-state index in [-0.39, 0.29) is 29.3 Å². The molecule has 0 amide bonds. The fourth-order valence-electron chi connectivity index (χ4n) is 6.78. The maximum Gasteiger partial charge on any atom is 0.192 e. The number of alkyl halides is 1. The molecule has 278 valence electrons. The summed E-state index contributed by atoms with van der Waals surface area (Å²) in [7, 11) is -4.40. The standard InChI is InChI=1S/C38H71IO6Si3/c1-13-17-18-19-30-26-33(43-28-41-22-24-46(7,8)9)36(34(27-30)44-29-42-23-25-47(10,11)12)35-31(20-21-32(40)37(35)39)38(5,6)45-48(14-2,15-3)16-4/h26-27,31,35,37H,13-25,28-29H2,1-12H3/t31-,35-,37?/m1/s1. The van der Waals surface area contributed by atoms with E-state index in [0.29, 0.717) is 25.4 Å². The predicted molar refractivity (Wildman–Crippen MR) is 220 cm³/mol. The first-order valence-electron chi connectivity index (χ1n) is 18.9. The Hall–Kier alpha value is -0.249. The molecule has 0 heterocycles. The average molecular weight is 835 g/mol. The zero-order chi connectivity index (χ0) is 36.2. The number of halogens is 1. The smallest absolute Gasteiger partial charge is 0.192 e. The van der Waals surface area contributed by atoms with Crippen LogP contribution in [0.1, 0.15) is 90.7 Å². The molecule has 0 aromatic heterocycles. The van der Waals surface area contributed by atoms with Gasteiger partial charge in [0.1, 0.15) is 17.3 Å². The minimum absolute atomic E-state index is 0.116. The maximum absolute atomic E-state index is 13.6. The van der Waals surface area contributed by atoms with E-state index in [4.69, 9.17) is 23.4 Å². The lowest BCUT2D eigenvalue weighted by molar-refractivity contribution is -0.122. The molecule has 0 spiro atoms. The quantitative estimate of drug-likeness (QED) is 0.0360. The van der Waals surface area contributed by atoms with E-state index >= 15 is 0 Å². The summed E-state index contributed by atoms with van der Waals surface area (Å²) in [4.78, 5) is 13.6. The van der Waals surface area contributed by atoms with E-state index in [1.54, 1.807) is 0 Å². The summed E-state index contributed by atoms with van der Waals surface area (Å²) >= 11 is 2.40. The lowest BCUT2D eigenvalue weighted by atomic mass is 9.68. The van der Waals surface area contributed by atoms with Crippen LogP contribution in [0.2, 0.25) is 69.5 Å². The lowest BCUT2D eigenvalue weighted by Crippen LogP contribution is -2.52. The molecule has 3 atom stereocenters. The van der Waals surface area contributed by atoms with Gasteiger partial charge in [-0.05, 0) is 86.9 Å². The number of rotatable bonds is 23. The first-order valence-corrected chi connectivity index (χ1v) is 30.1. The van der Waals surface area contributed by atoms with Crippen LogP contribution < -0.4 is 9.47 Å². The van der Waals surface area contributed by atoms with Crippen molar-refractivity contribution in [2.24, 2.45) is 5.92 Å². The van der Waals surface area contributed by atoms with E-state index in [9.17, 15) is 4.79 Å². The lowest BCUT2D eigenvalue weighted by Gasteiger charge is -2.48. The molecule has 1 aliphatic rings. The number of benzene rings is 1. The molecule has 0 radical (unpaired) electrons. The molecule has 0 saturated heterocycles. The van der Waals surface area contributed by atoms with Crippen LogP contribution in [0, 0.1) is 5.92 Å². The fourth-order valence-corrected chi connectivity index (χ4v) is 12.7. The van der Waals surface area contributed by atoms with Crippen LogP contribution in [0.5, 0.6) is 11.5 Å². The Morgan fingerprint density at radius 1 is 0.812 bits per heavy atom. The molecule has 0 bridgehead atoms. The van der Waals surface area contributed by atoms with Crippen molar-refractivity contribution in [1.29, 1.82) is 0 Å². The zero-order valence-electron chi connectivity index (χ0n) is 32.8. The molecule has 1 fully saturated rings. The minimum atomic E-state index is -1.94. The molecule has 48 heavy (non-hydrogen) atoms. The molecule has 0 N–H and O–H groups in total. The summed E-state index contributed by atoms with van der Waals surface area (Å²) in [6, 6.07) is 9.83. The van der Waals surface area contributed by atoms with Crippen molar-refractivity contribution in [3.05, 3.63) is 23.3 Å². The van der Waals surface area contributed by atoms with Crippen LogP contribution in [-0.4, -0.2) is 66.6 Å². The molecular formula is C38H71IO6Si3. The van der Waals surface area contributed by atoms with Crippen LogP contribution in [0.4, 0.5) is 0 Å². The van der Waals surface area contributed by atoms with Crippen LogP contribution in [0.3, 0.4) is 0 Å². The summed E-state index contributed by atoms with van der Waals surface area (Å²) in [6.45, 7) is 29.6. The third-order valence-corrected chi connectivity index (χ3v) is 19.9. The van der Waals surface area contributed by atoms with Gasteiger partial charge in [-0.3, -0.25) is 4.79 Å². The number of hydrogen-bond donors (Lipinski definition) is 0. The summed E-state index contributed by atoms with van der Waals surface area (Å²) in [5, 5.41) is 0. The minimum Gasteiger partial charge on any atom is -0.467 e. The Bertz CT molecular complexity index is 1060. The average Bonchev–Trinajstić information content (AvgIpc) is 3.00. The van der Waals surface area contributed by atoms with Gasteiger partial charge in [0.2, 0.25) is 0 Å². The van der Waals surface area contributed by atoms with Gasteiger partial charge in [0.25, 0.3) is 0 Å². The van der Waals surface area contributed by atoms with Gasteiger partial charge in [-0.2, -0.15) is 0 Å². The van der Waals surface area contributed by atoms with Gasteiger partial charge in [0.05, 0.1) is 9.53 Å². The van der Waals surface area contributed by atoms with Gasteiger partial charge in [-0.1, -0.05) is 102 Å². The Morgan fingerprint density at radius 3 is 1.75 bits per heavy atom. The summed E-state index contributed by atoms with van der Waals surface area (Å²) in [5.74, 6) is 1.84. The van der Waals surface area contributed by atoms with Gasteiger partial charge in [0.15, 0.2) is 21.9 Å². The molecule has 1 saturated carbocycles. The molecule has 1 unspecified atom stereocenters. The summed E-state index contributed by atoms with van der Waals surface area (Å²) in [6.07, 6.45) is 5.74. The highest BCUT2D eigenvalue weighted by Crippen LogP contribution is 2.53. The van der Waals surface area contributed by atoms with Crippen molar-refractivity contribution in [1.82, 2.24) is 0 Å². The number of carbonyl (C=O) groups excluding carboxylic acids is 1. The summed E-state index contributed by atoms with van der Waals surface area (Å²) < 4.78 is 32.5. The van der Waals surface area contributed by atoms with Crippen LogP contribution >= 0.6 is 22.6 Å². The normalized spacial score (nSPS) is 19.5. The number of hydrogen-bond acceptors (Lipinski definition) is 6. The fraction of sp³-hybridized carbons (Fsp3) is 0.816. The molecule has 10 heteroatoms. The van der Waals surface area contributed by atoms with Crippen molar-refractivity contribution in [2.75, 3.05) is 26.8 Å². The van der Waals surface area contributed by atoms with Crippen LogP contribution in [0.25, 0.3) is 0 Å². The largest absolute Gasteiger partial charge is 0.467 e. The summed E-state index contributed by atoms with van der Waals surface area (Å²) in [5.41, 5.74) is 1.75. The number of ketones is 1. The van der Waals surface area contributed by atoms with Crippen molar-refractivity contribution in [2.45, 2.75) is 165 Å². The molecule has 0 aliphatic heterocycles. The third-order valence-electron chi connectivity index (χ3n) is 10.2. The SMILES string of the molecule is CCCCCc1cc(OCOCC[Si](C)(C)C)c([C@@H]2C(I)C(=O)CC[C@H]2C(C)(C)O[Si](CC)(CC)CC)c(OCOCC[Si](C)(C)C)c1. The van der Waals surface area contributed by atoms with Gasteiger partial charge >= 0.3 is 0 Å². The van der Waals surface area contributed by atoms with Crippen molar-refractivity contribution < 1.29 is 28.2 Å². The molecule has 2 rings (SSSR count). The Kier molecular flexibility index (Phi) is 18.4. The van der Waals surface area contributed by atoms with E-state index < -0.39 is 30.1 Å². The Morgan fingerprint density at radius 2 is 1.31 bits per heavy atom. The van der Waals surface area contributed by atoms with Gasteiger partial charge in [-0.25, -0.2) is 0 Å². The molecule has 1 aromatic carbocycles. The van der Waals surface area contributed by atoms with Crippen LogP contribution in [0.15, 0.2) is 12.1 Å². The zero-order valence-corrected chi connectivity index (χ0v) is 38.0. The molecule has 1 aromatic rings. The van der Waals surface area contributed by atoms with Gasteiger partial charge < -0.3 is 23.4 Å². The molecule has 6 nitrogen and oxygen atoms in total. The van der Waals surface area contributed by atoms with E-state index in [0.717, 1.165) is 73.0 Å². The Labute approximate surface area is 311 Å². The number of Topliss-reactive ketones (excluding diaryl/α,β-unsaturated/α-hetero) is 1. The number of aryl methyl sites for hydroxylation is 1. The highest BCUT2D eigenvalue weighted by molar-refractivity contribution is 14.1. The van der Waals surface area contributed by atoms with Crippen molar-refractivity contribution >= 4 is 52.8 Å². The first-order chi connectivity index (χ1) is 22.4. The Balaban J connectivity index is 2.65. The molecular weight excluding hydrogens is 764 g/mol. The second-order valence-corrected chi connectivity index (χ2v) is 34.2. The highest BCUT2D eigenvalue weighted by atomic mass is 127. The number of ether oxygens (including phenoxy) is 4. The molecule has 1 aliphatic carbocycles. The van der Waals surface area contributed by atoms with Gasteiger partial charge in [-0.15, -0.1) is 0 Å². The predicted octanol–water partition coefficient (Wildman–Crippen LogP) is 11.5. The van der Waals surface area contributed by atoms with E-state index in [2.05, 4.69) is 116 Å². The van der Waals surface area contributed by atoms with Crippen LogP contribution in [-0.2, 0) is 25.1 Å². The highest BCUT2D eigenvalue weighted by Gasteiger charge is 2.50. The topological polar surface area (TPSA) is 63.2 Å². The van der Waals surface area contributed by atoms with Gasteiger partial charge in [0, 0.05) is 47.3 Å².